The van der Waals surface area contributed by atoms with E-state index in [1.54, 1.807) is 0 Å². The summed E-state index contributed by atoms with van der Waals surface area (Å²) >= 11 is 0. The summed E-state index contributed by atoms with van der Waals surface area (Å²) in [5.41, 5.74) is 5.18. The predicted octanol–water partition coefficient (Wildman–Crippen LogP) is 3.11. The van der Waals surface area contributed by atoms with Crippen molar-refractivity contribution in [3.63, 3.8) is 0 Å². The SMILES string of the molecule is CPCC1=C(C)Nc2ccccc2NC1. The van der Waals surface area contributed by atoms with Gasteiger partial charge in [0.1, 0.15) is 0 Å². The molecule has 0 aliphatic carbocycles. The van der Waals surface area contributed by atoms with Crippen LogP contribution in [0.1, 0.15) is 6.92 Å². The van der Waals surface area contributed by atoms with Crippen molar-refractivity contribution < 1.29 is 0 Å². The third-order valence-corrected chi connectivity index (χ3v) is 3.44. The molecule has 0 fully saturated rings. The Balaban J connectivity index is 2.26. The number of anilines is 2. The van der Waals surface area contributed by atoms with Gasteiger partial charge < -0.3 is 10.6 Å². The highest BCUT2D eigenvalue weighted by Crippen LogP contribution is 2.27. The number of fused-ring (bicyclic) bond motifs is 1. The topological polar surface area (TPSA) is 24.1 Å². The van der Waals surface area contributed by atoms with Gasteiger partial charge in [0, 0.05) is 12.2 Å². The molecule has 1 aliphatic rings. The van der Waals surface area contributed by atoms with Crippen molar-refractivity contribution in [1.82, 2.24) is 0 Å². The second-order valence-electron chi connectivity index (χ2n) is 3.78. The minimum Gasteiger partial charge on any atom is -0.380 e. The molecule has 3 heteroatoms. The largest absolute Gasteiger partial charge is 0.380 e. The molecule has 2 rings (SSSR count). The molecule has 1 unspecified atom stereocenters. The molecule has 1 heterocycles. The first-order valence-electron chi connectivity index (χ1n) is 5.24. The summed E-state index contributed by atoms with van der Waals surface area (Å²) in [6, 6.07) is 8.36. The lowest BCUT2D eigenvalue weighted by Gasteiger charge is -2.08. The Hall–Kier alpha value is -1.01. The Morgan fingerprint density at radius 3 is 2.73 bits per heavy atom. The van der Waals surface area contributed by atoms with Crippen molar-refractivity contribution in [3.8, 4) is 0 Å². The van der Waals surface area contributed by atoms with Crippen LogP contribution in [0.2, 0.25) is 0 Å². The first-order valence-corrected chi connectivity index (χ1v) is 6.95. The maximum absolute atomic E-state index is 3.48. The van der Waals surface area contributed by atoms with Crippen LogP contribution in [0, 0.1) is 0 Å². The van der Waals surface area contributed by atoms with Crippen LogP contribution in [-0.4, -0.2) is 19.4 Å². The number of benzene rings is 1. The van der Waals surface area contributed by atoms with Gasteiger partial charge in [-0.1, -0.05) is 12.1 Å². The summed E-state index contributed by atoms with van der Waals surface area (Å²) in [6.07, 6.45) is 1.19. The monoisotopic (exact) mass is 220 g/mol. The molecule has 0 bridgehead atoms. The zero-order valence-corrected chi connectivity index (χ0v) is 10.2. The smallest absolute Gasteiger partial charge is 0.0617 e. The third kappa shape index (κ3) is 2.32. The molecule has 0 radical (unpaired) electrons. The standard InChI is InChI=1S/C12H17N2P/c1-9-10(8-15-2)7-13-11-5-3-4-6-12(11)14-9/h3-6,13-15H,7-8H2,1-2H3. The van der Waals surface area contributed by atoms with Crippen LogP contribution in [0.25, 0.3) is 0 Å². The zero-order chi connectivity index (χ0) is 10.7. The lowest BCUT2D eigenvalue weighted by molar-refractivity contribution is 1.17. The summed E-state index contributed by atoms with van der Waals surface area (Å²) in [5, 5.41) is 6.95. The molecule has 2 N–H and O–H groups in total. The van der Waals surface area contributed by atoms with E-state index in [1.165, 1.54) is 28.8 Å². The summed E-state index contributed by atoms with van der Waals surface area (Å²) in [7, 11) is 0.980. The molecule has 0 saturated heterocycles. The molecule has 15 heavy (non-hydrogen) atoms. The number of allylic oxidation sites excluding steroid dienone is 1. The Labute approximate surface area is 92.9 Å². The first kappa shape index (κ1) is 10.5. The van der Waals surface area contributed by atoms with Crippen molar-refractivity contribution in [3.05, 3.63) is 35.5 Å². The van der Waals surface area contributed by atoms with E-state index in [0.717, 1.165) is 15.1 Å². The molecule has 1 aliphatic heterocycles. The van der Waals surface area contributed by atoms with E-state index in [9.17, 15) is 0 Å². The second-order valence-corrected chi connectivity index (χ2v) is 4.84. The highest BCUT2D eigenvalue weighted by Gasteiger charge is 2.10. The third-order valence-electron chi connectivity index (χ3n) is 2.66. The van der Waals surface area contributed by atoms with Gasteiger partial charge in [-0.2, -0.15) is 0 Å². The lowest BCUT2D eigenvalue weighted by atomic mass is 10.2. The molecule has 0 saturated carbocycles. The van der Waals surface area contributed by atoms with Gasteiger partial charge in [0.15, 0.2) is 0 Å². The quantitative estimate of drug-likeness (QED) is 0.748. The maximum Gasteiger partial charge on any atom is 0.0617 e. The van der Waals surface area contributed by atoms with E-state index < -0.39 is 0 Å². The molecule has 0 amide bonds. The van der Waals surface area contributed by atoms with Gasteiger partial charge >= 0.3 is 0 Å². The molecule has 0 spiro atoms. The summed E-state index contributed by atoms with van der Waals surface area (Å²) in [4.78, 5) is 0. The molecule has 1 aromatic rings. The second kappa shape index (κ2) is 4.67. The average molecular weight is 220 g/mol. The Morgan fingerprint density at radius 1 is 1.27 bits per heavy atom. The highest BCUT2D eigenvalue weighted by atomic mass is 31.1. The van der Waals surface area contributed by atoms with E-state index in [4.69, 9.17) is 0 Å². The summed E-state index contributed by atoms with van der Waals surface area (Å²) in [5.74, 6) is 0. The van der Waals surface area contributed by atoms with E-state index in [-0.39, 0.29) is 0 Å². The van der Waals surface area contributed by atoms with E-state index in [2.05, 4.69) is 48.5 Å². The summed E-state index contributed by atoms with van der Waals surface area (Å²) < 4.78 is 0. The van der Waals surface area contributed by atoms with Crippen LogP contribution in [0.15, 0.2) is 35.5 Å². The molecule has 0 aromatic heterocycles. The minimum atomic E-state index is 0.969. The van der Waals surface area contributed by atoms with E-state index >= 15 is 0 Å². The van der Waals surface area contributed by atoms with Crippen molar-refractivity contribution in [2.75, 3.05) is 30.0 Å². The predicted molar refractivity (Wildman–Crippen MR) is 70.4 cm³/mol. The fourth-order valence-corrected chi connectivity index (χ4v) is 2.60. The highest BCUT2D eigenvalue weighted by molar-refractivity contribution is 7.37. The molecule has 1 atom stereocenters. The number of rotatable bonds is 2. The Kier molecular flexibility index (Phi) is 3.27. The van der Waals surface area contributed by atoms with Gasteiger partial charge in [-0.25, -0.2) is 0 Å². The maximum atomic E-state index is 3.48. The minimum absolute atomic E-state index is 0.969. The number of hydrogen-bond acceptors (Lipinski definition) is 2. The van der Waals surface area contributed by atoms with Crippen LogP contribution >= 0.6 is 8.58 Å². The molecule has 80 valence electrons. The molecule has 1 aromatic carbocycles. The van der Waals surface area contributed by atoms with Crippen molar-refractivity contribution >= 4 is 20.0 Å². The van der Waals surface area contributed by atoms with E-state index in [1.807, 2.05) is 0 Å². The fraction of sp³-hybridized carbons (Fsp3) is 0.333. The van der Waals surface area contributed by atoms with Crippen LogP contribution < -0.4 is 10.6 Å². The van der Waals surface area contributed by atoms with Gasteiger partial charge in [0.05, 0.1) is 11.4 Å². The van der Waals surface area contributed by atoms with Gasteiger partial charge in [0.2, 0.25) is 0 Å². The number of para-hydroxylation sites is 2. The Morgan fingerprint density at radius 2 is 2.00 bits per heavy atom. The van der Waals surface area contributed by atoms with Gasteiger partial charge in [0.25, 0.3) is 0 Å². The normalized spacial score (nSPS) is 15.9. The van der Waals surface area contributed by atoms with Crippen molar-refractivity contribution in [2.45, 2.75) is 6.92 Å². The van der Waals surface area contributed by atoms with Crippen LogP contribution in [0.5, 0.6) is 0 Å². The molecule has 2 nitrogen and oxygen atoms in total. The first-order chi connectivity index (χ1) is 7.31. The zero-order valence-electron chi connectivity index (χ0n) is 9.22. The van der Waals surface area contributed by atoms with Gasteiger partial charge in [-0.15, -0.1) is 8.58 Å². The van der Waals surface area contributed by atoms with Crippen molar-refractivity contribution in [1.29, 1.82) is 0 Å². The average Bonchev–Trinajstić information content (AvgIpc) is 2.40. The fourth-order valence-electron chi connectivity index (χ4n) is 1.78. The van der Waals surface area contributed by atoms with Gasteiger partial charge in [-0.05, 0) is 37.5 Å². The van der Waals surface area contributed by atoms with Crippen LogP contribution in [0.4, 0.5) is 11.4 Å². The lowest BCUT2D eigenvalue weighted by Crippen LogP contribution is -2.06. The Bertz CT molecular complexity index is 385. The van der Waals surface area contributed by atoms with Crippen LogP contribution in [0.3, 0.4) is 0 Å². The van der Waals surface area contributed by atoms with Crippen LogP contribution in [-0.2, 0) is 0 Å². The van der Waals surface area contributed by atoms with Gasteiger partial charge in [-0.3, -0.25) is 0 Å². The van der Waals surface area contributed by atoms with Crippen molar-refractivity contribution in [2.24, 2.45) is 0 Å². The van der Waals surface area contributed by atoms with E-state index in [0.29, 0.717) is 0 Å². The number of hydrogen-bond donors (Lipinski definition) is 2. The summed E-state index contributed by atoms with van der Waals surface area (Å²) in [6.45, 7) is 5.38. The number of nitrogens with one attached hydrogen (secondary N) is 2. The molecular formula is C12H17N2P. The molecular weight excluding hydrogens is 203 g/mol.